The van der Waals surface area contributed by atoms with Gasteiger partial charge in [-0.2, -0.15) is 0 Å². The van der Waals surface area contributed by atoms with Gasteiger partial charge in [0.05, 0.1) is 33.9 Å². The van der Waals surface area contributed by atoms with Crippen molar-refractivity contribution in [2.75, 3.05) is 47.5 Å². The van der Waals surface area contributed by atoms with E-state index >= 15 is 0 Å². The molecule has 0 aliphatic heterocycles. The highest BCUT2D eigenvalue weighted by Gasteiger charge is 2.21. The monoisotopic (exact) mass is 850 g/mol. The van der Waals surface area contributed by atoms with E-state index in [4.69, 9.17) is 18.5 Å². The van der Waals surface area contributed by atoms with Gasteiger partial charge in [-0.05, 0) is 44.9 Å². The van der Waals surface area contributed by atoms with E-state index in [1.807, 2.05) is 39.4 Å². The van der Waals surface area contributed by atoms with Crippen LogP contribution in [0.3, 0.4) is 0 Å². The van der Waals surface area contributed by atoms with Crippen molar-refractivity contribution in [1.82, 2.24) is 0 Å². The lowest BCUT2D eigenvalue weighted by atomic mass is 10.0. The van der Waals surface area contributed by atoms with Crippen molar-refractivity contribution in [2.24, 2.45) is 0 Å². The van der Waals surface area contributed by atoms with Crippen LogP contribution in [0.15, 0.2) is 72.9 Å². The van der Waals surface area contributed by atoms with Gasteiger partial charge in [0.25, 0.3) is 7.82 Å². The van der Waals surface area contributed by atoms with E-state index in [1.165, 1.54) is 70.6 Å². The Morgan fingerprint density at radius 2 is 1.19 bits per heavy atom. The van der Waals surface area contributed by atoms with Crippen LogP contribution in [0.4, 0.5) is 0 Å². The molecule has 3 atom stereocenters. The van der Waals surface area contributed by atoms with Crippen molar-refractivity contribution < 1.29 is 47.2 Å². The smallest absolute Gasteiger partial charge is 0.306 e. The second-order valence-corrected chi connectivity index (χ2v) is 17.7. The van der Waals surface area contributed by atoms with Crippen molar-refractivity contribution in [1.29, 1.82) is 0 Å². The van der Waals surface area contributed by atoms with E-state index in [2.05, 4.69) is 50.3 Å². The SMILES string of the molecule is CC/C=C\C/C=C\C/C=C\C/C=C\C=C/C(O)C/C=C\CCC(=O)O[C@H](COC(=O)CCCCCCCCCCCCCCCCC)COP(=O)([O-])OCC[N+](C)(C)C. The number of esters is 2. The van der Waals surface area contributed by atoms with Crippen molar-refractivity contribution in [3.63, 3.8) is 0 Å². The lowest BCUT2D eigenvalue weighted by molar-refractivity contribution is -0.870. The third-order valence-corrected chi connectivity index (χ3v) is 10.3. The highest BCUT2D eigenvalue weighted by atomic mass is 31.2. The van der Waals surface area contributed by atoms with Gasteiger partial charge in [-0.1, -0.05) is 177 Å². The third kappa shape index (κ3) is 43.3. The maximum absolute atomic E-state index is 12.7. The molecular weight excluding hydrogens is 766 g/mol. The van der Waals surface area contributed by atoms with Crippen LogP contribution in [0.1, 0.15) is 162 Å². The van der Waals surface area contributed by atoms with Gasteiger partial charge in [0.2, 0.25) is 0 Å². The molecule has 59 heavy (non-hydrogen) atoms. The molecule has 340 valence electrons. The number of aliphatic hydroxyl groups is 1. The average Bonchev–Trinajstić information content (AvgIpc) is 3.18. The van der Waals surface area contributed by atoms with E-state index in [9.17, 15) is 24.2 Å². The number of phosphoric ester groups is 1. The van der Waals surface area contributed by atoms with Gasteiger partial charge in [0, 0.05) is 12.8 Å². The van der Waals surface area contributed by atoms with Crippen LogP contribution in [0.5, 0.6) is 0 Å². The third-order valence-electron chi connectivity index (χ3n) is 9.33. The average molecular weight is 850 g/mol. The summed E-state index contributed by atoms with van der Waals surface area (Å²) in [5.74, 6) is -1.02. The molecule has 2 unspecified atom stereocenters. The molecule has 0 radical (unpaired) electrons. The van der Waals surface area contributed by atoms with Crippen LogP contribution in [-0.2, 0) is 32.7 Å². The summed E-state index contributed by atoms with van der Waals surface area (Å²) in [6.45, 7) is 3.90. The molecule has 0 bridgehead atoms. The van der Waals surface area contributed by atoms with Crippen LogP contribution in [0, 0.1) is 0 Å². The Hall–Kier alpha value is -2.59. The van der Waals surface area contributed by atoms with Crippen LogP contribution in [0.25, 0.3) is 0 Å². The molecule has 0 fully saturated rings. The van der Waals surface area contributed by atoms with Gasteiger partial charge in [0.15, 0.2) is 6.10 Å². The summed E-state index contributed by atoms with van der Waals surface area (Å²) in [6, 6.07) is 0. The van der Waals surface area contributed by atoms with E-state index in [0.717, 1.165) is 44.9 Å². The van der Waals surface area contributed by atoms with Crippen LogP contribution >= 0.6 is 7.82 Å². The largest absolute Gasteiger partial charge is 0.756 e. The Kier molecular flexibility index (Phi) is 37.8. The first-order valence-electron chi connectivity index (χ1n) is 22.8. The highest BCUT2D eigenvalue weighted by Crippen LogP contribution is 2.38. The molecular formula is C48H84NO9P. The molecule has 0 aromatic rings. The molecule has 0 spiro atoms. The minimum absolute atomic E-state index is 0.0169. The number of carbonyl (C=O) groups excluding carboxylic acids is 2. The van der Waals surface area contributed by atoms with Gasteiger partial charge in [-0.15, -0.1) is 0 Å². The molecule has 0 aromatic heterocycles. The number of nitrogens with zero attached hydrogens (tertiary/aromatic N) is 1. The maximum atomic E-state index is 12.7. The Labute approximate surface area is 360 Å². The number of hydrogen-bond acceptors (Lipinski definition) is 9. The van der Waals surface area contributed by atoms with Gasteiger partial charge in [0.1, 0.15) is 19.8 Å². The predicted molar refractivity (Wildman–Crippen MR) is 242 cm³/mol. The summed E-state index contributed by atoms with van der Waals surface area (Å²) >= 11 is 0. The van der Waals surface area contributed by atoms with Crippen molar-refractivity contribution in [3.05, 3.63) is 72.9 Å². The quantitative estimate of drug-likeness (QED) is 0.0160. The fraction of sp³-hybridized carbons (Fsp3) is 0.708. The first-order valence-corrected chi connectivity index (χ1v) is 24.2. The molecule has 1 N–H and O–H groups in total. The molecule has 0 amide bonds. The molecule has 0 aliphatic rings. The zero-order chi connectivity index (χ0) is 43.7. The predicted octanol–water partition coefficient (Wildman–Crippen LogP) is 11.4. The molecule has 0 aliphatic carbocycles. The summed E-state index contributed by atoms with van der Waals surface area (Å²) in [4.78, 5) is 37.6. The number of phosphoric acid groups is 1. The molecule has 0 saturated heterocycles. The van der Waals surface area contributed by atoms with Crippen molar-refractivity contribution >= 4 is 19.8 Å². The normalized spacial score (nSPS) is 14.8. The Morgan fingerprint density at radius 3 is 1.75 bits per heavy atom. The number of ether oxygens (including phenoxy) is 2. The van der Waals surface area contributed by atoms with Gasteiger partial charge < -0.3 is 33.0 Å². The number of unbranched alkanes of at least 4 members (excludes halogenated alkanes) is 14. The number of carbonyl (C=O) groups is 2. The Bertz CT molecular complexity index is 1250. The summed E-state index contributed by atoms with van der Waals surface area (Å²) in [5, 5.41) is 10.2. The van der Waals surface area contributed by atoms with Gasteiger partial charge >= 0.3 is 11.9 Å². The molecule has 10 nitrogen and oxygen atoms in total. The van der Waals surface area contributed by atoms with Gasteiger partial charge in [-0.3, -0.25) is 14.2 Å². The number of allylic oxidation sites excluding steroid dienone is 10. The fourth-order valence-corrected chi connectivity index (χ4v) is 6.49. The zero-order valence-corrected chi connectivity index (χ0v) is 38.7. The minimum Gasteiger partial charge on any atom is -0.756 e. The zero-order valence-electron chi connectivity index (χ0n) is 37.8. The fourth-order valence-electron chi connectivity index (χ4n) is 5.76. The number of aliphatic hydroxyl groups excluding tert-OH is 1. The number of likely N-dealkylation sites (N-methyl/N-ethyl adjacent to an activating group) is 1. The lowest BCUT2D eigenvalue weighted by Gasteiger charge is -2.28. The second-order valence-electron chi connectivity index (χ2n) is 16.2. The Morgan fingerprint density at radius 1 is 0.644 bits per heavy atom. The second kappa shape index (κ2) is 39.5. The topological polar surface area (TPSA) is 131 Å². The summed E-state index contributed by atoms with van der Waals surface area (Å²) in [7, 11) is 1.05. The number of hydrogen-bond donors (Lipinski definition) is 1. The number of quaternary nitrogens is 1. The van der Waals surface area contributed by atoms with E-state index in [1.54, 1.807) is 18.2 Å². The van der Waals surface area contributed by atoms with Crippen LogP contribution in [-0.4, -0.2) is 81.2 Å². The van der Waals surface area contributed by atoms with Crippen LogP contribution in [0.2, 0.25) is 0 Å². The van der Waals surface area contributed by atoms with Crippen molar-refractivity contribution in [2.45, 2.75) is 174 Å². The molecule has 0 saturated carbocycles. The molecule has 11 heteroatoms. The van der Waals surface area contributed by atoms with E-state index in [0.29, 0.717) is 30.3 Å². The first kappa shape index (κ1) is 56.4. The molecule has 0 heterocycles. The standard InChI is InChI=1S/C48H84NO9P/c1-6-8-10-12-14-16-18-20-21-23-25-27-29-31-35-39-47(51)55-43-46(44-57-59(53,54)56-42-41-49(3,4)5)58-48(52)40-36-32-34-38-45(50)37-33-30-28-26-24-22-19-17-15-13-11-9-7-2/h9,11,15,17,22,24,28,30,32-34,37,45-46,50H,6-8,10,12-14,16,18-21,23,25-27,29,31,35-36,38-44H2,1-5H3/b11-9-,17-15-,24-22-,30-28-,34-32-,37-33-/t45?,46-/m1/s1. The maximum Gasteiger partial charge on any atom is 0.306 e. The Balaban J connectivity index is 4.57. The summed E-state index contributed by atoms with van der Waals surface area (Å²) in [6.07, 6.45) is 45.3. The summed E-state index contributed by atoms with van der Waals surface area (Å²) < 4.78 is 33.7. The molecule has 0 aromatic carbocycles. The highest BCUT2D eigenvalue weighted by molar-refractivity contribution is 7.45. The molecule has 0 rings (SSSR count). The van der Waals surface area contributed by atoms with Crippen LogP contribution < -0.4 is 4.89 Å². The lowest BCUT2D eigenvalue weighted by Crippen LogP contribution is -2.37. The first-order chi connectivity index (χ1) is 28.4. The minimum atomic E-state index is -4.68. The summed E-state index contributed by atoms with van der Waals surface area (Å²) in [5.41, 5.74) is 0. The van der Waals surface area contributed by atoms with E-state index in [-0.39, 0.29) is 26.1 Å². The van der Waals surface area contributed by atoms with Crippen molar-refractivity contribution in [3.8, 4) is 0 Å². The number of rotatable bonds is 40. The van der Waals surface area contributed by atoms with Gasteiger partial charge in [-0.25, -0.2) is 0 Å². The van der Waals surface area contributed by atoms with E-state index < -0.39 is 38.6 Å².